The molecule has 2 N–H and O–H groups in total. The molecule has 0 aromatic heterocycles. The van der Waals surface area contributed by atoms with Crippen molar-refractivity contribution in [3.05, 3.63) is 0 Å². The smallest absolute Gasteiger partial charge is 0.262 e. The van der Waals surface area contributed by atoms with Crippen molar-refractivity contribution in [1.29, 1.82) is 0 Å². The van der Waals surface area contributed by atoms with Gasteiger partial charge in [-0.15, -0.1) is 24.8 Å². The van der Waals surface area contributed by atoms with Crippen molar-refractivity contribution < 1.29 is 13.6 Å². The van der Waals surface area contributed by atoms with E-state index in [0.29, 0.717) is 12.6 Å². The van der Waals surface area contributed by atoms with Gasteiger partial charge in [0.2, 0.25) is 5.91 Å². The van der Waals surface area contributed by atoms with E-state index in [1.54, 1.807) is 0 Å². The third kappa shape index (κ3) is 7.02. The molecule has 0 saturated carbocycles. The zero-order chi connectivity index (χ0) is 13.8. The van der Waals surface area contributed by atoms with Crippen molar-refractivity contribution in [2.75, 3.05) is 26.7 Å². The van der Waals surface area contributed by atoms with Crippen LogP contribution in [0.5, 0.6) is 0 Å². The molecule has 2 atom stereocenters. The zero-order valence-corrected chi connectivity index (χ0v) is 13.8. The van der Waals surface area contributed by atoms with Gasteiger partial charge in [0.15, 0.2) is 0 Å². The van der Waals surface area contributed by atoms with E-state index in [4.69, 9.17) is 0 Å². The summed E-state index contributed by atoms with van der Waals surface area (Å²) in [6.07, 6.45) is 0.640. The second kappa shape index (κ2) is 9.71. The highest BCUT2D eigenvalue weighted by Crippen LogP contribution is 2.24. The average Bonchev–Trinajstić information content (AvgIpc) is 2.68. The molecular formula is C12H25Cl2F2N3O. The van der Waals surface area contributed by atoms with Crippen LogP contribution >= 0.6 is 24.8 Å². The lowest BCUT2D eigenvalue weighted by Crippen LogP contribution is -2.44. The Labute approximate surface area is 131 Å². The van der Waals surface area contributed by atoms with E-state index >= 15 is 0 Å². The Bertz CT molecular complexity index is 296. The number of rotatable bonds is 6. The van der Waals surface area contributed by atoms with Crippen LogP contribution in [0.4, 0.5) is 8.78 Å². The molecular weight excluding hydrogens is 311 g/mol. The van der Waals surface area contributed by atoms with Crippen LogP contribution in [0.2, 0.25) is 0 Å². The molecule has 1 rings (SSSR count). The summed E-state index contributed by atoms with van der Waals surface area (Å²) in [5, 5.41) is 5.24. The molecule has 2 unspecified atom stereocenters. The number of carbonyl (C=O) groups excluding carboxylic acids is 1. The number of carbonyl (C=O) groups is 1. The third-order valence-corrected chi connectivity index (χ3v) is 3.53. The van der Waals surface area contributed by atoms with Gasteiger partial charge in [0, 0.05) is 25.6 Å². The Morgan fingerprint density at radius 1 is 1.50 bits per heavy atom. The Hall–Kier alpha value is -0.170. The molecule has 0 radical (unpaired) electrons. The first kappa shape index (κ1) is 22.1. The first-order chi connectivity index (χ1) is 8.35. The maximum Gasteiger partial charge on any atom is 0.262 e. The number of hydrogen-bond donors (Lipinski definition) is 2. The minimum absolute atomic E-state index is 0. The second-order valence-electron chi connectivity index (χ2n) is 5.02. The van der Waals surface area contributed by atoms with Gasteiger partial charge in [0.1, 0.15) is 0 Å². The van der Waals surface area contributed by atoms with E-state index in [-0.39, 0.29) is 30.7 Å². The van der Waals surface area contributed by atoms with E-state index in [1.165, 1.54) is 0 Å². The van der Waals surface area contributed by atoms with Gasteiger partial charge in [-0.05, 0) is 20.4 Å². The summed E-state index contributed by atoms with van der Waals surface area (Å²) in [5.74, 6) is -3.08. The van der Waals surface area contributed by atoms with Gasteiger partial charge in [-0.1, -0.05) is 6.92 Å². The van der Waals surface area contributed by atoms with Crippen LogP contribution in [0.1, 0.15) is 26.7 Å². The van der Waals surface area contributed by atoms with Crippen LogP contribution < -0.4 is 10.6 Å². The van der Waals surface area contributed by atoms with Gasteiger partial charge in [0.05, 0.1) is 12.6 Å². The highest BCUT2D eigenvalue weighted by atomic mass is 35.5. The molecule has 8 heteroatoms. The Morgan fingerprint density at radius 3 is 2.55 bits per heavy atom. The van der Waals surface area contributed by atoms with Crippen LogP contribution in [-0.4, -0.2) is 55.5 Å². The molecule has 1 aliphatic rings. The number of hydrogen-bond acceptors (Lipinski definition) is 3. The fourth-order valence-electron chi connectivity index (χ4n) is 1.91. The van der Waals surface area contributed by atoms with E-state index in [2.05, 4.69) is 29.4 Å². The first-order valence-corrected chi connectivity index (χ1v) is 6.45. The molecule has 4 nitrogen and oxygen atoms in total. The van der Waals surface area contributed by atoms with Crippen LogP contribution in [-0.2, 0) is 4.79 Å². The molecule has 0 spiro atoms. The minimum Gasteiger partial charge on any atom is -0.353 e. The number of halogens is 4. The second-order valence-corrected chi connectivity index (χ2v) is 5.02. The number of nitrogens with zero attached hydrogens (tertiary/aromatic N) is 1. The van der Waals surface area contributed by atoms with Crippen LogP contribution in [0.15, 0.2) is 0 Å². The molecule has 122 valence electrons. The SMILES string of the molecule is CCC(C)N(C)CCNC(=O)C1CC(F)(F)CN1.Cl.Cl. The molecule has 1 fully saturated rings. The summed E-state index contributed by atoms with van der Waals surface area (Å²) >= 11 is 0. The quantitative estimate of drug-likeness (QED) is 0.776. The molecule has 1 heterocycles. The molecule has 1 aliphatic heterocycles. The van der Waals surface area contributed by atoms with Crippen LogP contribution in [0.25, 0.3) is 0 Å². The van der Waals surface area contributed by atoms with E-state index < -0.39 is 24.9 Å². The van der Waals surface area contributed by atoms with Gasteiger partial charge >= 0.3 is 0 Å². The molecule has 0 aromatic carbocycles. The van der Waals surface area contributed by atoms with Gasteiger partial charge in [0.25, 0.3) is 5.92 Å². The lowest BCUT2D eigenvalue weighted by Gasteiger charge is -2.23. The summed E-state index contributed by atoms with van der Waals surface area (Å²) in [6, 6.07) is -0.301. The number of alkyl halides is 2. The molecule has 0 bridgehead atoms. The topological polar surface area (TPSA) is 44.4 Å². The molecule has 1 amide bonds. The molecule has 20 heavy (non-hydrogen) atoms. The van der Waals surface area contributed by atoms with Crippen molar-refractivity contribution >= 4 is 30.7 Å². The number of likely N-dealkylation sites (N-methyl/N-ethyl adjacent to an activating group) is 1. The maximum atomic E-state index is 12.9. The summed E-state index contributed by atoms with van der Waals surface area (Å²) < 4.78 is 25.8. The third-order valence-electron chi connectivity index (χ3n) is 3.53. The van der Waals surface area contributed by atoms with E-state index in [9.17, 15) is 13.6 Å². The lowest BCUT2D eigenvalue weighted by molar-refractivity contribution is -0.123. The monoisotopic (exact) mass is 335 g/mol. The van der Waals surface area contributed by atoms with Gasteiger partial charge in [-0.3, -0.25) is 10.1 Å². The Morgan fingerprint density at radius 2 is 2.10 bits per heavy atom. The van der Waals surface area contributed by atoms with Crippen molar-refractivity contribution in [2.24, 2.45) is 0 Å². The predicted octanol–water partition coefficient (Wildman–Crippen LogP) is 1.67. The minimum atomic E-state index is -2.75. The van der Waals surface area contributed by atoms with Crippen molar-refractivity contribution in [3.63, 3.8) is 0 Å². The molecule has 0 aromatic rings. The summed E-state index contributed by atoms with van der Waals surface area (Å²) in [7, 11) is 1.99. The standard InChI is InChI=1S/C12H23F2N3O.2ClH/c1-4-9(2)17(3)6-5-15-11(18)10-7-12(13,14)8-16-10;;/h9-10,16H,4-8H2,1-3H3,(H,15,18);2*1H. The highest BCUT2D eigenvalue weighted by molar-refractivity contribution is 5.85. The van der Waals surface area contributed by atoms with Crippen molar-refractivity contribution in [2.45, 2.75) is 44.7 Å². The summed E-state index contributed by atoms with van der Waals surface area (Å²) in [5.41, 5.74) is 0. The van der Waals surface area contributed by atoms with Gasteiger partial charge < -0.3 is 10.2 Å². The average molecular weight is 336 g/mol. The summed E-state index contributed by atoms with van der Waals surface area (Å²) in [6.45, 7) is 5.02. The van der Waals surface area contributed by atoms with Gasteiger partial charge in [-0.25, -0.2) is 8.78 Å². The largest absolute Gasteiger partial charge is 0.353 e. The fourth-order valence-corrected chi connectivity index (χ4v) is 1.91. The normalized spacial score (nSPS) is 21.8. The van der Waals surface area contributed by atoms with Gasteiger partial charge in [-0.2, -0.15) is 0 Å². The van der Waals surface area contributed by atoms with Crippen molar-refractivity contribution in [1.82, 2.24) is 15.5 Å². The zero-order valence-electron chi connectivity index (χ0n) is 12.1. The van der Waals surface area contributed by atoms with E-state index in [1.807, 2.05) is 7.05 Å². The Kier molecular flexibility index (Phi) is 10.7. The highest BCUT2D eigenvalue weighted by Gasteiger charge is 2.42. The van der Waals surface area contributed by atoms with Crippen LogP contribution in [0.3, 0.4) is 0 Å². The Balaban J connectivity index is 0. The lowest BCUT2D eigenvalue weighted by atomic mass is 10.2. The van der Waals surface area contributed by atoms with Crippen molar-refractivity contribution in [3.8, 4) is 0 Å². The van der Waals surface area contributed by atoms with E-state index in [0.717, 1.165) is 13.0 Å². The van der Waals surface area contributed by atoms with Crippen LogP contribution in [0, 0.1) is 0 Å². The number of nitrogens with one attached hydrogen (secondary N) is 2. The summed E-state index contributed by atoms with van der Waals surface area (Å²) in [4.78, 5) is 13.8. The predicted molar refractivity (Wildman–Crippen MR) is 81.2 cm³/mol. The molecule has 0 aliphatic carbocycles. The fraction of sp³-hybridized carbons (Fsp3) is 0.917. The number of amides is 1. The molecule has 1 saturated heterocycles. The first-order valence-electron chi connectivity index (χ1n) is 6.45. The maximum absolute atomic E-state index is 12.9.